The highest BCUT2D eigenvalue weighted by molar-refractivity contribution is 7.09. The van der Waals surface area contributed by atoms with Gasteiger partial charge in [0.15, 0.2) is 0 Å². The summed E-state index contributed by atoms with van der Waals surface area (Å²) < 4.78 is 0. The molecule has 0 aliphatic heterocycles. The maximum atomic E-state index is 8.82. The number of nitriles is 1. The summed E-state index contributed by atoms with van der Waals surface area (Å²) >= 11 is 7.46. The van der Waals surface area contributed by atoms with Gasteiger partial charge in [0.1, 0.15) is 11.0 Å². The van der Waals surface area contributed by atoms with Crippen LogP contribution < -0.4 is 5.32 Å². The molecule has 1 N–H and O–H groups in total. The van der Waals surface area contributed by atoms with Gasteiger partial charge in [-0.05, 0) is 19.1 Å². The highest BCUT2D eigenvalue weighted by Crippen LogP contribution is 2.14. The van der Waals surface area contributed by atoms with Crippen LogP contribution in [0, 0.1) is 18.3 Å². The summed E-state index contributed by atoms with van der Waals surface area (Å²) in [7, 11) is 0. The van der Waals surface area contributed by atoms with Crippen LogP contribution in [0.2, 0.25) is 5.15 Å². The van der Waals surface area contributed by atoms with Gasteiger partial charge in [-0.3, -0.25) is 0 Å². The number of anilines is 1. The van der Waals surface area contributed by atoms with E-state index < -0.39 is 0 Å². The maximum Gasteiger partial charge on any atom is 0.132 e. The Bertz CT molecular complexity index is 588. The van der Waals surface area contributed by atoms with Crippen LogP contribution in [0.3, 0.4) is 0 Å². The molecule has 0 unspecified atom stereocenters. The van der Waals surface area contributed by atoms with Crippen LogP contribution in [0.5, 0.6) is 0 Å². The second-order valence-electron chi connectivity index (χ2n) is 3.71. The third-order valence-electron chi connectivity index (χ3n) is 2.28. The second-order valence-corrected chi connectivity index (χ2v) is 5.16. The molecule has 0 saturated heterocycles. The van der Waals surface area contributed by atoms with Gasteiger partial charge in [-0.1, -0.05) is 11.6 Å². The van der Waals surface area contributed by atoms with Gasteiger partial charge in [0.2, 0.25) is 0 Å². The third kappa shape index (κ3) is 3.42. The number of nitrogens with zero attached hydrogens (tertiary/aromatic N) is 3. The zero-order chi connectivity index (χ0) is 13.0. The van der Waals surface area contributed by atoms with Crippen LogP contribution in [0.4, 0.5) is 5.82 Å². The van der Waals surface area contributed by atoms with Gasteiger partial charge >= 0.3 is 0 Å². The molecule has 0 radical (unpaired) electrons. The molecule has 0 bridgehead atoms. The first-order chi connectivity index (χ1) is 8.67. The van der Waals surface area contributed by atoms with Crippen molar-refractivity contribution in [2.45, 2.75) is 13.3 Å². The summed E-state index contributed by atoms with van der Waals surface area (Å²) in [6.07, 6.45) is 0.820. The van der Waals surface area contributed by atoms with Gasteiger partial charge < -0.3 is 5.32 Å². The Balaban J connectivity index is 1.94. The molecule has 18 heavy (non-hydrogen) atoms. The molecule has 4 nitrogen and oxygen atoms in total. The van der Waals surface area contributed by atoms with Crippen LogP contribution in [-0.2, 0) is 6.42 Å². The topological polar surface area (TPSA) is 61.6 Å². The number of rotatable bonds is 4. The number of aryl methyl sites for hydroxylation is 1. The van der Waals surface area contributed by atoms with Crippen molar-refractivity contribution in [3.63, 3.8) is 0 Å². The van der Waals surface area contributed by atoms with Gasteiger partial charge in [-0.25, -0.2) is 9.97 Å². The molecule has 2 heterocycles. The molecule has 0 aliphatic rings. The first kappa shape index (κ1) is 12.8. The minimum Gasteiger partial charge on any atom is -0.370 e. The summed E-state index contributed by atoms with van der Waals surface area (Å²) in [6, 6.07) is 5.26. The quantitative estimate of drug-likeness (QED) is 0.873. The molecule has 2 rings (SSSR count). The number of halogens is 1. The third-order valence-corrected chi connectivity index (χ3v) is 3.29. The molecule has 0 amide bonds. The largest absolute Gasteiger partial charge is 0.370 e. The minimum absolute atomic E-state index is 0.320. The average Bonchev–Trinajstić information content (AvgIpc) is 2.74. The molecule has 0 fully saturated rings. The maximum absolute atomic E-state index is 8.82. The molecule has 2 aromatic rings. The predicted octanol–water partition coefficient (Wildman–Crippen LogP) is 3.03. The molecule has 0 aromatic carbocycles. The van der Waals surface area contributed by atoms with Crippen molar-refractivity contribution in [3.8, 4) is 6.07 Å². The number of aromatic nitrogens is 2. The van der Waals surface area contributed by atoms with E-state index in [-0.39, 0.29) is 0 Å². The SMILES string of the molecule is Cc1nc(CCNc2cc(C#N)cc(Cl)n2)cs1. The zero-order valence-electron chi connectivity index (χ0n) is 9.77. The van der Waals surface area contributed by atoms with Gasteiger partial charge in [-0.15, -0.1) is 11.3 Å². The van der Waals surface area contributed by atoms with Crippen molar-refractivity contribution >= 4 is 28.8 Å². The summed E-state index contributed by atoms with van der Waals surface area (Å²) in [4.78, 5) is 8.48. The molecule has 0 aliphatic carbocycles. The highest BCUT2D eigenvalue weighted by Gasteiger charge is 2.02. The normalized spacial score (nSPS) is 10.1. The smallest absolute Gasteiger partial charge is 0.132 e. The summed E-state index contributed by atoms with van der Waals surface area (Å²) in [6.45, 7) is 2.70. The van der Waals surface area contributed by atoms with Crippen LogP contribution >= 0.6 is 22.9 Å². The average molecular weight is 279 g/mol. The summed E-state index contributed by atoms with van der Waals surface area (Å²) in [5, 5.41) is 15.4. The fourth-order valence-electron chi connectivity index (χ4n) is 1.49. The van der Waals surface area contributed by atoms with E-state index in [1.54, 1.807) is 17.4 Å². The standard InChI is InChI=1S/C12H11ClN4S/c1-8-16-10(7-18-8)2-3-15-12-5-9(6-14)4-11(13)17-12/h4-5,7H,2-3H2,1H3,(H,15,17). The van der Waals surface area contributed by atoms with Crippen LogP contribution in [0.15, 0.2) is 17.5 Å². The lowest BCUT2D eigenvalue weighted by atomic mass is 10.3. The fraction of sp³-hybridized carbons (Fsp3) is 0.250. The van der Waals surface area contributed by atoms with Gasteiger partial charge in [0.25, 0.3) is 0 Å². The number of nitrogens with one attached hydrogen (secondary N) is 1. The van der Waals surface area contributed by atoms with E-state index in [4.69, 9.17) is 16.9 Å². The van der Waals surface area contributed by atoms with Crippen LogP contribution in [0.1, 0.15) is 16.3 Å². The van der Waals surface area contributed by atoms with Crippen LogP contribution in [0.25, 0.3) is 0 Å². The van der Waals surface area contributed by atoms with Gasteiger partial charge in [-0.2, -0.15) is 5.26 Å². The summed E-state index contributed by atoms with van der Waals surface area (Å²) in [5.74, 6) is 0.617. The lowest BCUT2D eigenvalue weighted by molar-refractivity contribution is 0.960. The molecular formula is C12H11ClN4S. The minimum atomic E-state index is 0.320. The Morgan fingerprint density at radius 1 is 1.44 bits per heavy atom. The van der Waals surface area contributed by atoms with Gasteiger partial charge in [0, 0.05) is 18.3 Å². The van der Waals surface area contributed by atoms with Crippen molar-refractivity contribution < 1.29 is 0 Å². The Kier molecular flexibility index (Phi) is 4.13. The molecule has 0 spiro atoms. The Morgan fingerprint density at radius 3 is 2.94 bits per heavy atom. The molecule has 2 aromatic heterocycles. The molecule has 6 heteroatoms. The van der Waals surface area contributed by atoms with E-state index in [1.165, 1.54) is 6.07 Å². The molecule has 92 valence electrons. The van der Waals surface area contributed by atoms with Crippen molar-refractivity contribution in [2.75, 3.05) is 11.9 Å². The van der Waals surface area contributed by atoms with E-state index in [2.05, 4.69) is 15.3 Å². The van der Waals surface area contributed by atoms with Crippen molar-refractivity contribution in [1.82, 2.24) is 9.97 Å². The zero-order valence-corrected chi connectivity index (χ0v) is 11.3. The van der Waals surface area contributed by atoms with E-state index in [1.807, 2.05) is 18.4 Å². The van der Waals surface area contributed by atoms with Gasteiger partial charge in [0.05, 0.1) is 22.3 Å². The Hall–Kier alpha value is -1.64. The van der Waals surface area contributed by atoms with Crippen LogP contribution in [-0.4, -0.2) is 16.5 Å². The fourth-order valence-corrected chi connectivity index (χ4v) is 2.35. The lowest BCUT2D eigenvalue weighted by Crippen LogP contribution is -2.06. The molecular weight excluding hydrogens is 268 g/mol. The molecule has 0 saturated carbocycles. The first-order valence-electron chi connectivity index (χ1n) is 5.40. The number of hydrogen-bond donors (Lipinski definition) is 1. The van der Waals surface area contributed by atoms with E-state index >= 15 is 0 Å². The summed E-state index contributed by atoms with van der Waals surface area (Å²) in [5.41, 5.74) is 1.56. The number of thiazole rings is 1. The number of hydrogen-bond acceptors (Lipinski definition) is 5. The molecule has 0 atom stereocenters. The highest BCUT2D eigenvalue weighted by atomic mass is 35.5. The van der Waals surface area contributed by atoms with Crippen molar-refractivity contribution in [3.05, 3.63) is 38.9 Å². The van der Waals surface area contributed by atoms with E-state index in [9.17, 15) is 0 Å². The van der Waals surface area contributed by atoms with Crippen molar-refractivity contribution in [1.29, 1.82) is 5.26 Å². The lowest BCUT2D eigenvalue weighted by Gasteiger charge is -2.05. The van der Waals surface area contributed by atoms with E-state index in [0.29, 0.717) is 23.1 Å². The first-order valence-corrected chi connectivity index (χ1v) is 6.65. The Morgan fingerprint density at radius 2 is 2.28 bits per heavy atom. The van der Waals surface area contributed by atoms with Crippen molar-refractivity contribution in [2.24, 2.45) is 0 Å². The second kappa shape index (κ2) is 5.80. The number of pyridine rings is 1. The Labute approximate surface area is 114 Å². The van der Waals surface area contributed by atoms with E-state index in [0.717, 1.165) is 17.1 Å². The predicted molar refractivity (Wildman–Crippen MR) is 73.0 cm³/mol. The monoisotopic (exact) mass is 278 g/mol.